The molecule has 1 aromatic carbocycles. The number of nitrogens with zero attached hydrogens (tertiary/aromatic N) is 3. The van der Waals surface area contributed by atoms with Gasteiger partial charge in [0.1, 0.15) is 28.3 Å². The van der Waals surface area contributed by atoms with E-state index >= 15 is 4.39 Å². The van der Waals surface area contributed by atoms with Crippen LogP contribution in [0.25, 0.3) is 0 Å². The summed E-state index contributed by atoms with van der Waals surface area (Å²) < 4.78 is 21.3. The lowest BCUT2D eigenvalue weighted by molar-refractivity contribution is 0.0903. The van der Waals surface area contributed by atoms with Gasteiger partial charge in [0.05, 0.1) is 18.2 Å². The van der Waals surface area contributed by atoms with E-state index < -0.39 is 17.1 Å². The lowest BCUT2D eigenvalue weighted by atomic mass is 9.87. The Hall–Kier alpha value is -2.44. The summed E-state index contributed by atoms with van der Waals surface area (Å²) in [7, 11) is 1.50. The number of aliphatic hydroxyl groups is 1. The Morgan fingerprint density at radius 1 is 1.39 bits per heavy atom. The van der Waals surface area contributed by atoms with Crippen molar-refractivity contribution in [3.63, 3.8) is 0 Å². The van der Waals surface area contributed by atoms with Crippen LogP contribution in [0.2, 0.25) is 0 Å². The standard InChI is InChI=1S/C22H25FN4O3S/c1-30-21-17-13(7-14(23)18(21)26-6-2-3-11(8-24)10-26)19(28)16-20(29)15(9-25)31-22(16)27(17)12-4-5-12/h7,11-12,16,22,29H,2-6,8,10,24H2,1H3. The maximum Gasteiger partial charge on any atom is 0.178 e. The molecule has 1 aromatic rings. The molecule has 7 nitrogen and oxygen atoms in total. The smallest absolute Gasteiger partial charge is 0.178 e. The van der Waals surface area contributed by atoms with Gasteiger partial charge in [-0.1, -0.05) is 11.8 Å². The zero-order valence-electron chi connectivity index (χ0n) is 17.3. The number of thioether (sulfide) groups is 1. The van der Waals surface area contributed by atoms with Crippen LogP contribution in [0.3, 0.4) is 0 Å². The van der Waals surface area contributed by atoms with Crippen molar-refractivity contribution in [1.29, 1.82) is 5.26 Å². The summed E-state index contributed by atoms with van der Waals surface area (Å²) in [5.41, 5.74) is 7.06. The van der Waals surface area contributed by atoms with Gasteiger partial charge in [-0.25, -0.2) is 4.39 Å². The van der Waals surface area contributed by atoms with Gasteiger partial charge in [-0.2, -0.15) is 5.26 Å². The van der Waals surface area contributed by atoms with Gasteiger partial charge in [0.15, 0.2) is 17.3 Å². The van der Waals surface area contributed by atoms with E-state index in [2.05, 4.69) is 4.90 Å². The SMILES string of the molecule is COc1c(N2CCCC(CN)C2)c(F)cc2c1N(C1CC1)C1SC(C#N)=C(O)C1C2=O. The highest BCUT2D eigenvalue weighted by atomic mass is 32.2. The van der Waals surface area contributed by atoms with Crippen molar-refractivity contribution in [3.8, 4) is 11.8 Å². The van der Waals surface area contributed by atoms with Crippen LogP contribution in [0.4, 0.5) is 15.8 Å². The Morgan fingerprint density at radius 3 is 2.81 bits per heavy atom. The molecule has 31 heavy (non-hydrogen) atoms. The van der Waals surface area contributed by atoms with Gasteiger partial charge in [0, 0.05) is 24.7 Å². The normalized spacial score (nSPS) is 27.8. The molecule has 5 rings (SSSR count). The fourth-order valence-corrected chi connectivity index (χ4v) is 6.44. The summed E-state index contributed by atoms with van der Waals surface area (Å²) in [5, 5.41) is 19.5. The molecule has 1 aliphatic carbocycles. The maximum absolute atomic E-state index is 15.5. The molecule has 3 N–H and O–H groups in total. The average Bonchev–Trinajstić information content (AvgIpc) is 3.56. The van der Waals surface area contributed by atoms with Crippen LogP contribution in [-0.4, -0.2) is 49.0 Å². The number of ketones is 1. The number of carbonyl (C=O) groups is 1. The molecule has 1 saturated heterocycles. The molecule has 4 aliphatic rings. The monoisotopic (exact) mass is 444 g/mol. The summed E-state index contributed by atoms with van der Waals surface area (Å²) >= 11 is 1.21. The number of hydrogen-bond acceptors (Lipinski definition) is 8. The number of ether oxygens (including phenoxy) is 1. The van der Waals surface area contributed by atoms with Gasteiger partial charge >= 0.3 is 0 Å². The van der Waals surface area contributed by atoms with E-state index in [-0.39, 0.29) is 34.0 Å². The van der Waals surface area contributed by atoms with Crippen molar-refractivity contribution in [2.45, 2.75) is 37.1 Å². The third kappa shape index (κ3) is 3.07. The van der Waals surface area contributed by atoms with E-state index in [4.69, 9.17) is 10.5 Å². The summed E-state index contributed by atoms with van der Waals surface area (Å²) in [6.45, 7) is 1.88. The van der Waals surface area contributed by atoms with Crippen LogP contribution in [0.15, 0.2) is 16.7 Å². The van der Waals surface area contributed by atoms with Gasteiger partial charge < -0.3 is 25.4 Å². The number of halogens is 1. The minimum Gasteiger partial charge on any atom is -0.509 e. The Bertz CT molecular complexity index is 1020. The zero-order chi connectivity index (χ0) is 21.9. The lowest BCUT2D eigenvalue weighted by Gasteiger charge is -2.42. The minimum atomic E-state index is -0.862. The topological polar surface area (TPSA) is 103 Å². The largest absolute Gasteiger partial charge is 0.509 e. The fourth-order valence-electron chi connectivity index (χ4n) is 5.12. The molecule has 0 radical (unpaired) electrons. The van der Waals surface area contributed by atoms with E-state index in [1.165, 1.54) is 24.9 Å². The van der Waals surface area contributed by atoms with Gasteiger partial charge in [0.2, 0.25) is 0 Å². The second kappa shape index (κ2) is 7.61. The summed E-state index contributed by atoms with van der Waals surface area (Å²) in [6.07, 6.45) is 3.80. The molecule has 3 aliphatic heterocycles. The Kier molecular flexibility index (Phi) is 5.02. The van der Waals surface area contributed by atoms with Crippen molar-refractivity contribution in [3.05, 3.63) is 28.1 Å². The second-order valence-electron chi connectivity index (χ2n) is 8.64. The number of aliphatic hydroxyl groups excluding tert-OH is 1. The molecule has 0 amide bonds. The quantitative estimate of drug-likeness (QED) is 0.730. The number of allylic oxidation sites excluding steroid dienone is 1. The number of anilines is 2. The maximum atomic E-state index is 15.5. The van der Waals surface area contributed by atoms with E-state index in [1.54, 1.807) is 0 Å². The van der Waals surface area contributed by atoms with Crippen LogP contribution in [0.1, 0.15) is 36.0 Å². The summed E-state index contributed by atoms with van der Waals surface area (Å²) in [4.78, 5) is 17.6. The number of methoxy groups -OCH3 is 1. The summed E-state index contributed by atoms with van der Waals surface area (Å²) in [5.74, 6) is -1.30. The number of Topliss-reactive ketones (excluding diaryl/α,β-unsaturated/α-hetero) is 1. The van der Waals surface area contributed by atoms with E-state index in [1.807, 2.05) is 11.0 Å². The van der Waals surface area contributed by atoms with Crippen molar-refractivity contribution < 1.29 is 19.0 Å². The first kappa shape index (κ1) is 20.5. The van der Waals surface area contributed by atoms with Gasteiger partial charge in [-0.05, 0) is 44.2 Å². The van der Waals surface area contributed by atoms with Crippen LogP contribution >= 0.6 is 11.8 Å². The average molecular weight is 445 g/mol. The molecule has 2 fully saturated rings. The number of nitriles is 1. The Morgan fingerprint density at radius 2 is 2.16 bits per heavy atom. The Balaban J connectivity index is 1.67. The number of piperidine rings is 1. The molecule has 164 valence electrons. The van der Waals surface area contributed by atoms with Crippen LogP contribution in [-0.2, 0) is 0 Å². The highest BCUT2D eigenvalue weighted by Gasteiger charge is 2.54. The van der Waals surface area contributed by atoms with E-state index in [9.17, 15) is 15.2 Å². The van der Waals surface area contributed by atoms with Crippen molar-refractivity contribution in [2.75, 3.05) is 36.5 Å². The van der Waals surface area contributed by atoms with E-state index in [0.29, 0.717) is 36.8 Å². The molecule has 9 heteroatoms. The molecule has 0 spiro atoms. The molecule has 0 bridgehead atoms. The zero-order valence-corrected chi connectivity index (χ0v) is 18.1. The third-order valence-electron chi connectivity index (χ3n) is 6.73. The highest BCUT2D eigenvalue weighted by Crippen LogP contribution is 2.57. The van der Waals surface area contributed by atoms with Crippen LogP contribution in [0.5, 0.6) is 5.75 Å². The lowest BCUT2D eigenvalue weighted by Crippen LogP contribution is -2.47. The molecule has 3 atom stereocenters. The number of fused-ring (bicyclic) bond motifs is 2. The first-order valence-corrected chi connectivity index (χ1v) is 11.6. The molecule has 3 heterocycles. The number of nitrogens with two attached hydrogens (primary N) is 1. The van der Waals surface area contributed by atoms with E-state index in [0.717, 1.165) is 25.7 Å². The Labute approximate surface area is 184 Å². The predicted molar refractivity (Wildman–Crippen MR) is 117 cm³/mol. The molecule has 3 unspecified atom stereocenters. The number of benzene rings is 1. The van der Waals surface area contributed by atoms with Crippen molar-refractivity contribution in [2.24, 2.45) is 17.6 Å². The summed E-state index contributed by atoms with van der Waals surface area (Å²) in [6, 6.07) is 3.46. The minimum absolute atomic E-state index is 0.156. The third-order valence-corrected chi connectivity index (χ3v) is 8.01. The fraction of sp³-hybridized carbons (Fsp3) is 0.545. The second-order valence-corrected chi connectivity index (χ2v) is 9.77. The first-order valence-electron chi connectivity index (χ1n) is 10.7. The molecular formula is C22H25FN4O3S. The highest BCUT2D eigenvalue weighted by molar-refractivity contribution is 8.04. The molecule has 0 aromatic heterocycles. The molecule has 1 saturated carbocycles. The van der Waals surface area contributed by atoms with Gasteiger partial charge in [-0.15, -0.1) is 0 Å². The van der Waals surface area contributed by atoms with Crippen LogP contribution in [0, 0.1) is 29.0 Å². The predicted octanol–water partition coefficient (Wildman–Crippen LogP) is 3.16. The van der Waals surface area contributed by atoms with Crippen LogP contribution < -0.4 is 20.3 Å². The van der Waals surface area contributed by atoms with Crippen molar-refractivity contribution >= 4 is 28.9 Å². The number of carbonyl (C=O) groups excluding carboxylic acids is 1. The number of hydrogen-bond donors (Lipinski definition) is 2. The molecular weight excluding hydrogens is 419 g/mol. The van der Waals surface area contributed by atoms with Gasteiger partial charge in [0.25, 0.3) is 0 Å². The van der Waals surface area contributed by atoms with Gasteiger partial charge in [-0.3, -0.25) is 4.79 Å². The first-order chi connectivity index (χ1) is 15.0. The number of rotatable bonds is 4. The van der Waals surface area contributed by atoms with Crippen molar-refractivity contribution in [1.82, 2.24) is 0 Å².